The largest absolute Gasteiger partial charge is 0.462 e. The van der Waals surface area contributed by atoms with E-state index in [0.717, 1.165) is 141 Å². The van der Waals surface area contributed by atoms with Gasteiger partial charge < -0.3 is 14.2 Å². The van der Waals surface area contributed by atoms with Gasteiger partial charge in [0.15, 0.2) is 6.10 Å². The summed E-state index contributed by atoms with van der Waals surface area (Å²) in [6, 6.07) is 0. The van der Waals surface area contributed by atoms with E-state index < -0.39 is 6.10 Å². The van der Waals surface area contributed by atoms with Crippen LogP contribution in [0.4, 0.5) is 0 Å². The Morgan fingerprint density at radius 1 is 0.300 bits per heavy atom. The lowest BCUT2D eigenvalue weighted by molar-refractivity contribution is -0.167. The van der Waals surface area contributed by atoms with Gasteiger partial charge in [-0.05, 0) is 122 Å². The van der Waals surface area contributed by atoms with Crippen molar-refractivity contribution in [2.45, 2.75) is 213 Å². The first-order valence-corrected chi connectivity index (χ1v) is 27.5. The second-order valence-corrected chi connectivity index (χ2v) is 17.4. The number of carbonyl (C=O) groups excluding carboxylic acids is 3. The van der Waals surface area contributed by atoms with E-state index >= 15 is 0 Å². The highest BCUT2D eigenvalue weighted by molar-refractivity contribution is 5.71. The van der Waals surface area contributed by atoms with E-state index in [0.29, 0.717) is 12.8 Å². The van der Waals surface area contributed by atoms with Crippen molar-refractivity contribution in [2.75, 3.05) is 13.2 Å². The number of carbonyl (C=O) groups is 3. The molecule has 6 nitrogen and oxygen atoms in total. The van der Waals surface area contributed by atoms with Crippen LogP contribution in [0.1, 0.15) is 207 Å². The Morgan fingerprint density at radius 2 is 0.571 bits per heavy atom. The molecule has 0 N–H and O–H groups in total. The molecule has 0 saturated heterocycles. The third-order valence-electron chi connectivity index (χ3n) is 10.8. The van der Waals surface area contributed by atoms with Crippen LogP contribution >= 0.6 is 0 Å². The molecule has 0 aliphatic rings. The predicted octanol–water partition coefficient (Wildman–Crippen LogP) is 18.6. The number of esters is 3. The standard InChI is InChI=1S/C64H98O6/c1-4-7-10-13-16-18-20-22-24-26-28-30-32-34-36-38-40-42-44-46-48-51-54-57-63(66)69-60-61(59-68-62(65)56-53-50-15-12-9-6-3)70-64(67)58-55-52-49-47-45-43-41-39-37-35-33-31-29-27-25-23-21-19-17-14-11-8-5-2/h7-8,10-11,16-19,22-25,28-31,34-37,40-43,46,48,61H,4-6,9,12-15,20-21,26-27,32-33,38-39,44-45,47,49-60H2,1-3H3/b10-7-,11-8-,18-16-,19-17-,24-22-,25-23-,30-28-,31-29-,36-34-,37-35-,42-40-,43-41-,48-46-. The van der Waals surface area contributed by atoms with Crippen LogP contribution in [0.3, 0.4) is 0 Å². The van der Waals surface area contributed by atoms with Crippen molar-refractivity contribution in [3.8, 4) is 0 Å². The van der Waals surface area contributed by atoms with Gasteiger partial charge in [0, 0.05) is 19.3 Å². The molecule has 390 valence electrons. The van der Waals surface area contributed by atoms with E-state index in [1.54, 1.807) is 0 Å². The van der Waals surface area contributed by atoms with Gasteiger partial charge in [-0.25, -0.2) is 0 Å². The van der Waals surface area contributed by atoms with Gasteiger partial charge in [0.25, 0.3) is 0 Å². The summed E-state index contributed by atoms with van der Waals surface area (Å²) in [7, 11) is 0. The summed E-state index contributed by atoms with van der Waals surface area (Å²) in [5.74, 6) is -1.02. The second kappa shape index (κ2) is 56.6. The van der Waals surface area contributed by atoms with Crippen molar-refractivity contribution < 1.29 is 28.6 Å². The van der Waals surface area contributed by atoms with Crippen LogP contribution in [0.25, 0.3) is 0 Å². The number of allylic oxidation sites excluding steroid dienone is 26. The summed E-state index contributed by atoms with van der Waals surface area (Å²) in [5.41, 5.74) is 0. The Labute approximate surface area is 429 Å². The lowest BCUT2D eigenvalue weighted by atomic mass is 10.1. The average molecular weight is 963 g/mol. The van der Waals surface area contributed by atoms with E-state index in [-0.39, 0.29) is 44.0 Å². The highest BCUT2D eigenvalue weighted by Crippen LogP contribution is 2.11. The zero-order valence-corrected chi connectivity index (χ0v) is 44.5. The number of hydrogen-bond donors (Lipinski definition) is 0. The molecule has 0 aromatic heterocycles. The second-order valence-electron chi connectivity index (χ2n) is 17.4. The molecule has 0 aliphatic carbocycles. The van der Waals surface area contributed by atoms with Crippen LogP contribution < -0.4 is 0 Å². The summed E-state index contributed by atoms with van der Waals surface area (Å²) in [5, 5.41) is 0. The zero-order chi connectivity index (χ0) is 50.7. The van der Waals surface area contributed by atoms with E-state index in [1.165, 1.54) is 19.3 Å². The van der Waals surface area contributed by atoms with Crippen molar-refractivity contribution in [1.29, 1.82) is 0 Å². The predicted molar refractivity (Wildman–Crippen MR) is 302 cm³/mol. The highest BCUT2D eigenvalue weighted by atomic mass is 16.6. The summed E-state index contributed by atoms with van der Waals surface area (Å²) in [6.45, 7) is 6.25. The Balaban J connectivity index is 4.39. The minimum Gasteiger partial charge on any atom is -0.462 e. The number of hydrogen-bond acceptors (Lipinski definition) is 6. The van der Waals surface area contributed by atoms with Gasteiger partial charge in [0.1, 0.15) is 13.2 Å². The lowest BCUT2D eigenvalue weighted by Gasteiger charge is -2.18. The molecule has 1 atom stereocenters. The monoisotopic (exact) mass is 963 g/mol. The topological polar surface area (TPSA) is 78.9 Å². The Hall–Kier alpha value is -4.97. The first kappa shape index (κ1) is 65.0. The maximum atomic E-state index is 12.8. The molecule has 0 amide bonds. The third kappa shape index (κ3) is 54.0. The molecular formula is C64H98O6. The van der Waals surface area contributed by atoms with Crippen LogP contribution in [-0.4, -0.2) is 37.2 Å². The van der Waals surface area contributed by atoms with E-state index in [4.69, 9.17) is 14.2 Å². The third-order valence-corrected chi connectivity index (χ3v) is 10.8. The zero-order valence-electron chi connectivity index (χ0n) is 44.5. The van der Waals surface area contributed by atoms with Crippen molar-refractivity contribution in [3.05, 3.63) is 158 Å². The lowest BCUT2D eigenvalue weighted by Crippen LogP contribution is -2.30. The van der Waals surface area contributed by atoms with E-state index in [1.807, 2.05) is 0 Å². The fourth-order valence-corrected chi connectivity index (χ4v) is 6.73. The molecule has 0 saturated carbocycles. The molecule has 0 fully saturated rings. The smallest absolute Gasteiger partial charge is 0.306 e. The van der Waals surface area contributed by atoms with Crippen LogP contribution in [0.2, 0.25) is 0 Å². The van der Waals surface area contributed by atoms with Crippen LogP contribution in [0.15, 0.2) is 158 Å². The SMILES string of the molecule is CC/C=C\C/C=C\C/C=C\C/C=C\C/C=C\C/C=C\C/C=C\CCCC(=O)OCC(COC(=O)CCCCCCCC)OC(=O)CCCCCC/C=C\C/C=C\C/C=C\C/C=C\C/C=C\C/C=C\CC. The van der Waals surface area contributed by atoms with Gasteiger partial charge in [-0.1, -0.05) is 224 Å². The van der Waals surface area contributed by atoms with Gasteiger partial charge in [-0.2, -0.15) is 0 Å². The molecule has 0 bridgehead atoms. The molecule has 0 radical (unpaired) electrons. The summed E-state index contributed by atoms with van der Waals surface area (Å²) >= 11 is 0. The molecule has 0 heterocycles. The molecule has 1 unspecified atom stereocenters. The molecule has 70 heavy (non-hydrogen) atoms. The fraction of sp³-hybridized carbons (Fsp3) is 0.547. The highest BCUT2D eigenvalue weighted by Gasteiger charge is 2.19. The minimum atomic E-state index is -0.820. The summed E-state index contributed by atoms with van der Waals surface area (Å²) in [6.07, 6.45) is 82.6. The maximum Gasteiger partial charge on any atom is 0.306 e. The fourth-order valence-electron chi connectivity index (χ4n) is 6.73. The van der Waals surface area contributed by atoms with E-state index in [9.17, 15) is 14.4 Å². The maximum absolute atomic E-state index is 12.8. The summed E-state index contributed by atoms with van der Waals surface area (Å²) < 4.78 is 16.7. The molecular weight excluding hydrogens is 865 g/mol. The molecule has 0 spiro atoms. The Kier molecular flexibility index (Phi) is 52.6. The Morgan fingerprint density at radius 3 is 0.929 bits per heavy atom. The van der Waals surface area contributed by atoms with Crippen molar-refractivity contribution in [3.63, 3.8) is 0 Å². The minimum absolute atomic E-state index is 0.114. The molecule has 6 heteroatoms. The van der Waals surface area contributed by atoms with Crippen molar-refractivity contribution >= 4 is 17.9 Å². The first-order chi connectivity index (χ1) is 34.5. The number of ether oxygens (including phenoxy) is 3. The Bertz CT molecular complexity index is 1620. The number of unbranched alkanes of at least 4 members (excludes halogenated alkanes) is 10. The van der Waals surface area contributed by atoms with Gasteiger partial charge in [0.05, 0.1) is 0 Å². The van der Waals surface area contributed by atoms with Gasteiger partial charge >= 0.3 is 17.9 Å². The van der Waals surface area contributed by atoms with E-state index in [2.05, 4.69) is 179 Å². The van der Waals surface area contributed by atoms with Crippen LogP contribution in [0, 0.1) is 0 Å². The molecule has 0 aromatic carbocycles. The summed E-state index contributed by atoms with van der Waals surface area (Å²) in [4.78, 5) is 37.8. The number of rotatable bonds is 47. The average Bonchev–Trinajstić information content (AvgIpc) is 3.36. The first-order valence-electron chi connectivity index (χ1n) is 27.5. The quantitative estimate of drug-likeness (QED) is 0.0262. The van der Waals surface area contributed by atoms with Crippen LogP contribution in [-0.2, 0) is 28.6 Å². The van der Waals surface area contributed by atoms with Crippen molar-refractivity contribution in [1.82, 2.24) is 0 Å². The molecule has 0 aliphatic heterocycles. The van der Waals surface area contributed by atoms with Crippen LogP contribution in [0.5, 0.6) is 0 Å². The molecule has 0 rings (SSSR count). The van der Waals surface area contributed by atoms with Gasteiger partial charge in [-0.15, -0.1) is 0 Å². The van der Waals surface area contributed by atoms with Crippen molar-refractivity contribution in [2.24, 2.45) is 0 Å². The van der Waals surface area contributed by atoms with Gasteiger partial charge in [0.2, 0.25) is 0 Å². The molecule has 0 aromatic rings. The van der Waals surface area contributed by atoms with Gasteiger partial charge in [-0.3, -0.25) is 14.4 Å². The normalized spacial score (nSPS) is 13.4.